The zero-order valence-electron chi connectivity index (χ0n) is 13.9. The molecule has 0 bridgehead atoms. The van der Waals surface area contributed by atoms with Crippen LogP contribution in [0.2, 0.25) is 5.02 Å². The standard InChI is InChI=1S/C18H22ClN3O2/c1-2-3-7-16(23)22-12-5-4-6-15(22)18-20-17(21-24-18)13-8-10-14(19)11-9-13/h8-11,15H,2-7,12H2,1H3/t15-/m0/s1. The number of benzene rings is 1. The van der Waals surface area contributed by atoms with Crippen LogP contribution in [0.5, 0.6) is 0 Å². The van der Waals surface area contributed by atoms with Crippen molar-refractivity contribution >= 4 is 17.5 Å². The van der Waals surface area contributed by atoms with Crippen molar-refractivity contribution in [2.24, 2.45) is 0 Å². The summed E-state index contributed by atoms with van der Waals surface area (Å²) < 4.78 is 5.49. The first-order chi connectivity index (χ1) is 11.7. The molecule has 1 aromatic heterocycles. The Bertz CT molecular complexity index is 684. The van der Waals surface area contributed by atoms with Crippen LogP contribution in [0.25, 0.3) is 11.4 Å². The van der Waals surface area contributed by atoms with Gasteiger partial charge in [-0.15, -0.1) is 0 Å². The van der Waals surface area contributed by atoms with Gasteiger partial charge in [-0.2, -0.15) is 4.98 Å². The summed E-state index contributed by atoms with van der Waals surface area (Å²) in [5.41, 5.74) is 0.856. The fourth-order valence-corrected chi connectivity index (χ4v) is 3.17. The Morgan fingerprint density at radius 2 is 2.12 bits per heavy atom. The number of hydrogen-bond acceptors (Lipinski definition) is 4. The molecule has 3 rings (SSSR count). The average molecular weight is 348 g/mol. The molecule has 1 fully saturated rings. The predicted octanol–water partition coefficient (Wildman–Crippen LogP) is 4.63. The number of rotatable bonds is 5. The molecular weight excluding hydrogens is 326 g/mol. The van der Waals surface area contributed by atoms with Crippen LogP contribution in [-0.4, -0.2) is 27.5 Å². The van der Waals surface area contributed by atoms with E-state index in [2.05, 4.69) is 17.1 Å². The number of aromatic nitrogens is 2. The van der Waals surface area contributed by atoms with Gasteiger partial charge in [0.25, 0.3) is 0 Å². The molecule has 0 saturated carbocycles. The lowest BCUT2D eigenvalue weighted by Crippen LogP contribution is -2.38. The van der Waals surface area contributed by atoms with E-state index >= 15 is 0 Å². The molecule has 128 valence electrons. The summed E-state index contributed by atoms with van der Waals surface area (Å²) in [5.74, 6) is 1.26. The first-order valence-electron chi connectivity index (χ1n) is 8.58. The second-order valence-corrected chi connectivity index (χ2v) is 6.60. The molecule has 1 aliphatic heterocycles. The van der Waals surface area contributed by atoms with E-state index in [9.17, 15) is 4.79 Å². The second kappa shape index (κ2) is 7.79. The van der Waals surface area contributed by atoms with Gasteiger partial charge >= 0.3 is 0 Å². The minimum Gasteiger partial charge on any atom is -0.337 e. The van der Waals surface area contributed by atoms with E-state index < -0.39 is 0 Å². The van der Waals surface area contributed by atoms with Crippen LogP contribution in [0.1, 0.15) is 57.4 Å². The molecule has 1 atom stereocenters. The maximum atomic E-state index is 12.5. The SMILES string of the molecule is CCCCC(=O)N1CCCC[C@H]1c1nc(-c2ccc(Cl)cc2)no1. The maximum Gasteiger partial charge on any atom is 0.249 e. The third kappa shape index (κ3) is 3.78. The Balaban J connectivity index is 1.78. The topological polar surface area (TPSA) is 59.2 Å². The van der Waals surface area contributed by atoms with Crippen LogP contribution in [-0.2, 0) is 4.79 Å². The summed E-state index contributed by atoms with van der Waals surface area (Å²) in [6.07, 6.45) is 5.51. The molecule has 1 aromatic carbocycles. The van der Waals surface area contributed by atoms with Gasteiger partial charge in [0.15, 0.2) is 0 Å². The minimum atomic E-state index is -0.100. The van der Waals surface area contributed by atoms with Crippen molar-refractivity contribution in [1.82, 2.24) is 15.0 Å². The molecule has 1 aliphatic rings. The molecule has 5 nitrogen and oxygen atoms in total. The lowest BCUT2D eigenvalue weighted by atomic mass is 10.0. The number of piperidine rings is 1. The largest absolute Gasteiger partial charge is 0.337 e. The minimum absolute atomic E-state index is 0.100. The summed E-state index contributed by atoms with van der Waals surface area (Å²) in [7, 11) is 0. The van der Waals surface area contributed by atoms with E-state index in [0.29, 0.717) is 23.2 Å². The van der Waals surface area contributed by atoms with E-state index in [1.54, 1.807) is 12.1 Å². The highest BCUT2D eigenvalue weighted by Crippen LogP contribution is 2.32. The van der Waals surface area contributed by atoms with Crippen molar-refractivity contribution in [2.45, 2.75) is 51.5 Å². The Kier molecular flexibility index (Phi) is 5.51. The smallest absolute Gasteiger partial charge is 0.249 e. The van der Waals surface area contributed by atoms with Crippen molar-refractivity contribution in [3.8, 4) is 11.4 Å². The van der Waals surface area contributed by atoms with Gasteiger partial charge in [0, 0.05) is 23.6 Å². The first kappa shape index (κ1) is 17.0. The van der Waals surface area contributed by atoms with Crippen LogP contribution in [0.15, 0.2) is 28.8 Å². The number of amides is 1. The lowest BCUT2D eigenvalue weighted by Gasteiger charge is -2.33. The van der Waals surface area contributed by atoms with E-state index in [4.69, 9.17) is 16.1 Å². The van der Waals surface area contributed by atoms with Gasteiger partial charge in [-0.1, -0.05) is 30.1 Å². The summed E-state index contributed by atoms with van der Waals surface area (Å²) in [4.78, 5) is 18.9. The van der Waals surface area contributed by atoms with Crippen LogP contribution in [0.3, 0.4) is 0 Å². The van der Waals surface area contributed by atoms with Crippen molar-refractivity contribution < 1.29 is 9.32 Å². The van der Waals surface area contributed by atoms with Gasteiger partial charge in [0.2, 0.25) is 17.6 Å². The fourth-order valence-electron chi connectivity index (χ4n) is 3.05. The van der Waals surface area contributed by atoms with Gasteiger partial charge in [0.05, 0.1) is 0 Å². The van der Waals surface area contributed by atoms with Gasteiger partial charge in [-0.05, 0) is 49.9 Å². The number of likely N-dealkylation sites (tertiary alicyclic amines) is 1. The highest BCUT2D eigenvalue weighted by Gasteiger charge is 2.31. The predicted molar refractivity (Wildman–Crippen MR) is 92.6 cm³/mol. The molecule has 1 saturated heterocycles. The van der Waals surface area contributed by atoms with Gasteiger partial charge in [-0.25, -0.2) is 0 Å². The number of halogens is 1. The highest BCUT2D eigenvalue weighted by atomic mass is 35.5. The molecular formula is C18H22ClN3O2. The number of carbonyl (C=O) groups excluding carboxylic acids is 1. The molecule has 0 spiro atoms. The summed E-state index contributed by atoms with van der Waals surface area (Å²) in [6.45, 7) is 2.86. The molecule has 0 unspecified atom stereocenters. The summed E-state index contributed by atoms with van der Waals surface area (Å²) in [5, 5.41) is 4.75. The third-order valence-electron chi connectivity index (χ3n) is 4.40. The lowest BCUT2D eigenvalue weighted by molar-refractivity contribution is -0.135. The van der Waals surface area contributed by atoms with Crippen molar-refractivity contribution in [3.05, 3.63) is 35.2 Å². The molecule has 0 N–H and O–H groups in total. The number of hydrogen-bond donors (Lipinski definition) is 0. The molecule has 2 aromatic rings. The average Bonchev–Trinajstić information content (AvgIpc) is 3.10. The number of nitrogens with zero attached hydrogens (tertiary/aromatic N) is 3. The number of unbranched alkanes of at least 4 members (excludes halogenated alkanes) is 1. The Hall–Kier alpha value is -1.88. The summed E-state index contributed by atoms with van der Waals surface area (Å²) >= 11 is 5.91. The Morgan fingerprint density at radius 1 is 1.33 bits per heavy atom. The Morgan fingerprint density at radius 3 is 2.88 bits per heavy atom. The van der Waals surface area contributed by atoms with Crippen LogP contribution >= 0.6 is 11.6 Å². The van der Waals surface area contributed by atoms with Crippen LogP contribution in [0, 0.1) is 0 Å². The van der Waals surface area contributed by atoms with Gasteiger partial charge < -0.3 is 9.42 Å². The molecule has 6 heteroatoms. The van der Waals surface area contributed by atoms with Crippen molar-refractivity contribution in [3.63, 3.8) is 0 Å². The quantitative estimate of drug-likeness (QED) is 0.790. The molecule has 0 radical (unpaired) electrons. The fraction of sp³-hybridized carbons (Fsp3) is 0.500. The monoisotopic (exact) mass is 347 g/mol. The molecule has 24 heavy (non-hydrogen) atoms. The summed E-state index contributed by atoms with van der Waals surface area (Å²) in [6, 6.07) is 7.23. The van der Waals surface area contributed by atoms with E-state index in [0.717, 1.165) is 44.2 Å². The second-order valence-electron chi connectivity index (χ2n) is 6.17. The molecule has 0 aliphatic carbocycles. The first-order valence-corrected chi connectivity index (χ1v) is 8.96. The van der Waals surface area contributed by atoms with Gasteiger partial charge in [0.1, 0.15) is 6.04 Å². The maximum absolute atomic E-state index is 12.5. The van der Waals surface area contributed by atoms with Crippen molar-refractivity contribution in [1.29, 1.82) is 0 Å². The third-order valence-corrected chi connectivity index (χ3v) is 4.65. The van der Waals surface area contributed by atoms with E-state index in [-0.39, 0.29) is 11.9 Å². The zero-order valence-corrected chi connectivity index (χ0v) is 14.6. The van der Waals surface area contributed by atoms with Crippen molar-refractivity contribution in [2.75, 3.05) is 6.54 Å². The van der Waals surface area contributed by atoms with E-state index in [1.165, 1.54) is 0 Å². The highest BCUT2D eigenvalue weighted by molar-refractivity contribution is 6.30. The number of carbonyl (C=O) groups is 1. The van der Waals surface area contributed by atoms with Gasteiger partial charge in [-0.3, -0.25) is 4.79 Å². The molecule has 1 amide bonds. The normalized spacial score (nSPS) is 17.9. The zero-order chi connectivity index (χ0) is 16.9. The van der Waals surface area contributed by atoms with Crippen LogP contribution < -0.4 is 0 Å². The molecule has 2 heterocycles. The Labute approximate surface area is 147 Å². The van der Waals surface area contributed by atoms with E-state index in [1.807, 2.05) is 17.0 Å². The van der Waals surface area contributed by atoms with Crippen LogP contribution in [0.4, 0.5) is 0 Å².